The van der Waals surface area contributed by atoms with Crippen molar-refractivity contribution in [3.05, 3.63) is 34.3 Å². The van der Waals surface area contributed by atoms with Crippen molar-refractivity contribution in [3.8, 4) is 0 Å². The molecular weight excluding hydrogens is 249 g/mol. The molecule has 0 bridgehead atoms. The van der Waals surface area contributed by atoms with E-state index in [0.717, 1.165) is 10.9 Å². The summed E-state index contributed by atoms with van der Waals surface area (Å²) in [6, 6.07) is 8.55. The third-order valence-corrected chi connectivity index (χ3v) is 2.97. The second-order valence-corrected chi connectivity index (χ2v) is 4.07. The lowest BCUT2D eigenvalue weighted by Crippen LogP contribution is -2.17. The van der Waals surface area contributed by atoms with Gasteiger partial charge in [0.25, 0.3) is 0 Å². The first-order chi connectivity index (χ1) is 6.29. The van der Waals surface area contributed by atoms with E-state index in [2.05, 4.69) is 27.3 Å². The van der Waals surface area contributed by atoms with Gasteiger partial charge in [0, 0.05) is 16.4 Å². The van der Waals surface area contributed by atoms with Gasteiger partial charge in [0.1, 0.15) is 0 Å². The Labute approximate surface area is 92.6 Å². The van der Waals surface area contributed by atoms with Gasteiger partial charge >= 0.3 is 0 Å². The molecule has 1 N–H and O–H groups in total. The molecule has 0 aromatic heterocycles. The average molecular weight is 263 g/mol. The quantitative estimate of drug-likeness (QED) is 0.821. The molecule has 0 saturated carbocycles. The van der Waals surface area contributed by atoms with Crippen LogP contribution in [0.1, 0.15) is 18.0 Å². The first-order valence-electron chi connectivity index (χ1n) is 4.27. The Hall–Kier alpha value is -0.0500. The second-order valence-electron chi connectivity index (χ2n) is 2.84. The SMILES string of the molecule is CNC(CCCl)c1ccccc1Br. The Morgan fingerprint density at radius 1 is 1.46 bits per heavy atom. The van der Waals surface area contributed by atoms with Gasteiger partial charge in [-0.1, -0.05) is 34.1 Å². The van der Waals surface area contributed by atoms with E-state index < -0.39 is 0 Å². The Balaban J connectivity index is 2.84. The van der Waals surface area contributed by atoms with Crippen LogP contribution >= 0.6 is 27.5 Å². The summed E-state index contributed by atoms with van der Waals surface area (Å²) in [7, 11) is 1.96. The van der Waals surface area contributed by atoms with Gasteiger partial charge < -0.3 is 5.32 Å². The van der Waals surface area contributed by atoms with Crippen molar-refractivity contribution in [1.82, 2.24) is 5.32 Å². The van der Waals surface area contributed by atoms with Crippen LogP contribution in [-0.4, -0.2) is 12.9 Å². The zero-order chi connectivity index (χ0) is 9.68. The highest BCUT2D eigenvalue weighted by atomic mass is 79.9. The minimum atomic E-state index is 0.341. The Kier molecular flexibility index (Phi) is 4.78. The predicted molar refractivity (Wildman–Crippen MR) is 61.3 cm³/mol. The van der Waals surface area contributed by atoms with E-state index in [4.69, 9.17) is 11.6 Å². The Morgan fingerprint density at radius 2 is 2.15 bits per heavy atom. The highest BCUT2D eigenvalue weighted by Crippen LogP contribution is 2.25. The zero-order valence-electron chi connectivity index (χ0n) is 7.56. The summed E-state index contributed by atoms with van der Waals surface area (Å²) >= 11 is 9.25. The summed E-state index contributed by atoms with van der Waals surface area (Å²) in [5.41, 5.74) is 1.27. The van der Waals surface area contributed by atoms with E-state index in [0.29, 0.717) is 11.9 Å². The minimum Gasteiger partial charge on any atom is -0.313 e. The highest BCUT2D eigenvalue weighted by molar-refractivity contribution is 9.10. The van der Waals surface area contributed by atoms with Gasteiger partial charge in [-0.15, -0.1) is 11.6 Å². The number of alkyl halides is 1. The van der Waals surface area contributed by atoms with Gasteiger partial charge in [0.05, 0.1) is 0 Å². The van der Waals surface area contributed by atoms with Gasteiger partial charge in [-0.25, -0.2) is 0 Å². The fraction of sp³-hybridized carbons (Fsp3) is 0.400. The van der Waals surface area contributed by atoms with Gasteiger partial charge in [-0.3, -0.25) is 0 Å². The molecule has 0 heterocycles. The van der Waals surface area contributed by atoms with Crippen molar-refractivity contribution in [2.24, 2.45) is 0 Å². The highest BCUT2D eigenvalue weighted by Gasteiger charge is 2.10. The van der Waals surface area contributed by atoms with Crippen LogP contribution in [0, 0.1) is 0 Å². The molecule has 1 aromatic carbocycles. The van der Waals surface area contributed by atoms with Gasteiger partial charge in [0.15, 0.2) is 0 Å². The van der Waals surface area contributed by atoms with Crippen LogP contribution in [0.5, 0.6) is 0 Å². The smallest absolute Gasteiger partial charge is 0.0340 e. The molecule has 0 radical (unpaired) electrons. The molecule has 72 valence electrons. The van der Waals surface area contributed by atoms with E-state index in [1.807, 2.05) is 25.2 Å². The minimum absolute atomic E-state index is 0.341. The molecule has 1 atom stereocenters. The molecule has 0 aliphatic heterocycles. The first-order valence-corrected chi connectivity index (χ1v) is 5.60. The van der Waals surface area contributed by atoms with E-state index >= 15 is 0 Å². The monoisotopic (exact) mass is 261 g/mol. The van der Waals surface area contributed by atoms with Crippen LogP contribution < -0.4 is 5.32 Å². The number of halogens is 2. The van der Waals surface area contributed by atoms with E-state index in [1.165, 1.54) is 5.56 Å². The topological polar surface area (TPSA) is 12.0 Å². The van der Waals surface area contributed by atoms with Gasteiger partial charge in [0.2, 0.25) is 0 Å². The third-order valence-electron chi connectivity index (χ3n) is 2.03. The molecule has 0 aliphatic carbocycles. The standard InChI is InChI=1S/C10H13BrClN/c1-13-10(6-7-12)8-4-2-3-5-9(8)11/h2-5,10,13H,6-7H2,1H3. The molecule has 1 nitrogen and oxygen atoms in total. The molecule has 0 amide bonds. The predicted octanol–water partition coefficient (Wildman–Crippen LogP) is 3.34. The lowest BCUT2D eigenvalue weighted by Gasteiger charge is -2.16. The molecule has 13 heavy (non-hydrogen) atoms. The third kappa shape index (κ3) is 2.97. The fourth-order valence-electron chi connectivity index (χ4n) is 1.32. The second kappa shape index (κ2) is 5.63. The first kappa shape index (κ1) is 11.0. The molecule has 1 unspecified atom stereocenters. The molecule has 1 aromatic rings. The Bertz CT molecular complexity index is 265. The maximum Gasteiger partial charge on any atom is 0.0340 e. The molecule has 3 heteroatoms. The van der Waals surface area contributed by atoms with E-state index in [-0.39, 0.29) is 0 Å². The summed E-state index contributed by atoms with van der Waals surface area (Å²) in [6.45, 7) is 0. The van der Waals surface area contributed by atoms with Crippen molar-refractivity contribution in [1.29, 1.82) is 0 Å². The molecule has 0 spiro atoms. The van der Waals surface area contributed by atoms with E-state index in [1.54, 1.807) is 0 Å². The van der Waals surface area contributed by atoms with Crippen molar-refractivity contribution in [2.45, 2.75) is 12.5 Å². The average Bonchev–Trinajstić information content (AvgIpc) is 2.16. The summed E-state index contributed by atoms with van der Waals surface area (Å²) in [4.78, 5) is 0. The molecular formula is C10H13BrClN. The van der Waals surface area contributed by atoms with Gasteiger partial charge in [-0.05, 0) is 25.1 Å². The zero-order valence-corrected chi connectivity index (χ0v) is 9.90. The summed E-state index contributed by atoms with van der Waals surface area (Å²) in [5, 5.41) is 3.25. The van der Waals surface area contributed by atoms with E-state index in [9.17, 15) is 0 Å². The maximum absolute atomic E-state index is 5.72. The normalized spacial score (nSPS) is 12.8. The van der Waals surface area contributed by atoms with Crippen molar-refractivity contribution < 1.29 is 0 Å². The number of benzene rings is 1. The van der Waals surface area contributed by atoms with Crippen LogP contribution in [0.4, 0.5) is 0 Å². The number of hydrogen-bond acceptors (Lipinski definition) is 1. The molecule has 0 aliphatic rings. The maximum atomic E-state index is 5.72. The van der Waals surface area contributed by atoms with Gasteiger partial charge in [-0.2, -0.15) is 0 Å². The number of rotatable bonds is 4. The lowest BCUT2D eigenvalue weighted by atomic mass is 10.1. The van der Waals surface area contributed by atoms with Crippen molar-refractivity contribution in [3.63, 3.8) is 0 Å². The van der Waals surface area contributed by atoms with Crippen LogP contribution in [0.2, 0.25) is 0 Å². The summed E-state index contributed by atoms with van der Waals surface area (Å²) in [5.74, 6) is 0.673. The number of hydrogen-bond donors (Lipinski definition) is 1. The van der Waals surface area contributed by atoms with Crippen molar-refractivity contribution >= 4 is 27.5 Å². The summed E-state index contributed by atoms with van der Waals surface area (Å²) in [6.07, 6.45) is 0.945. The van der Waals surface area contributed by atoms with Crippen LogP contribution in [-0.2, 0) is 0 Å². The van der Waals surface area contributed by atoms with Crippen LogP contribution in [0.25, 0.3) is 0 Å². The molecule has 0 fully saturated rings. The molecule has 1 rings (SSSR count). The van der Waals surface area contributed by atoms with Crippen LogP contribution in [0.3, 0.4) is 0 Å². The molecule has 0 saturated heterocycles. The largest absolute Gasteiger partial charge is 0.313 e. The number of nitrogens with one attached hydrogen (secondary N) is 1. The van der Waals surface area contributed by atoms with Crippen molar-refractivity contribution in [2.75, 3.05) is 12.9 Å². The summed E-state index contributed by atoms with van der Waals surface area (Å²) < 4.78 is 1.14. The Morgan fingerprint density at radius 3 is 2.69 bits per heavy atom. The van der Waals surface area contributed by atoms with Crippen LogP contribution in [0.15, 0.2) is 28.7 Å². The lowest BCUT2D eigenvalue weighted by molar-refractivity contribution is 0.577. The fourth-order valence-corrected chi connectivity index (χ4v) is 2.10.